The minimum Gasteiger partial charge on any atom is -0.481 e. The van der Waals surface area contributed by atoms with Crippen LogP contribution in [0.15, 0.2) is 18.2 Å². The van der Waals surface area contributed by atoms with E-state index in [1.807, 2.05) is 25.1 Å². The van der Waals surface area contributed by atoms with Gasteiger partial charge in [-0.25, -0.2) is 0 Å². The molecule has 0 fully saturated rings. The Balaban J connectivity index is 2.61. The minimum atomic E-state index is -0.807. The van der Waals surface area contributed by atoms with E-state index in [0.717, 1.165) is 21.3 Å². The Morgan fingerprint density at radius 2 is 2.36 bits per heavy atom. The van der Waals surface area contributed by atoms with Gasteiger partial charge < -0.3 is 5.11 Å². The number of carboxylic acids is 1. The number of hydrogen-bond acceptors (Lipinski definition) is 3. The molecule has 0 spiro atoms. The Hall–Kier alpha value is -1.42. The van der Waals surface area contributed by atoms with E-state index in [9.17, 15) is 4.79 Å². The molecule has 1 aromatic carbocycles. The van der Waals surface area contributed by atoms with E-state index >= 15 is 0 Å². The molecule has 0 saturated carbocycles. The molecule has 0 aliphatic carbocycles. The summed E-state index contributed by atoms with van der Waals surface area (Å²) in [6.07, 6.45) is 0.0615. The zero-order chi connectivity index (χ0) is 10.1. The molecule has 0 saturated heterocycles. The van der Waals surface area contributed by atoms with Crippen LogP contribution in [0.2, 0.25) is 0 Å². The molecule has 72 valence electrons. The van der Waals surface area contributed by atoms with Crippen LogP contribution in [0.25, 0.3) is 10.9 Å². The van der Waals surface area contributed by atoms with Crippen molar-refractivity contribution in [2.24, 2.45) is 0 Å². The van der Waals surface area contributed by atoms with Crippen LogP contribution < -0.4 is 0 Å². The minimum absolute atomic E-state index is 0.0615. The highest BCUT2D eigenvalue weighted by Gasteiger charge is 2.10. The molecule has 3 nitrogen and oxygen atoms in total. The maximum absolute atomic E-state index is 10.6. The predicted molar refractivity (Wildman–Crippen MR) is 55.7 cm³/mol. The first-order valence-electron chi connectivity index (χ1n) is 4.24. The fraction of sp³-hybridized carbons (Fsp3) is 0.200. The largest absolute Gasteiger partial charge is 0.481 e. The van der Waals surface area contributed by atoms with Crippen molar-refractivity contribution in [1.29, 1.82) is 0 Å². The SMILES string of the molecule is Cc1cccc2nsc(CC(=O)O)c12. The molecular formula is C10H9NO2S. The Kier molecular flexibility index (Phi) is 2.21. The van der Waals surface area contributed by atoms with Gasteiger partial charge in [0.1, 0.15) is 0 Å². The van der Waals surface area contributed by atoms with Crippen molar-refractivity contribution in [3.05, 3.63) is 28.6 Å². The summed E-state index contributed by atoms with van der Waals surface area (Å²) in [4.78, 5) is 11.4. The summed E-state index contributed by atoms with van der Waals surface area (Å²) in [6, 6.07) is 5.81. The summed E-state index contributed by atoms with van der Waals surface area (Å²) >= 11 is 1.27. The van der Waals surface area contributed by atoms with Gasteiger partial charge in [0, 0.05) is 10.3 Å². The summed E-state index contributed by atoms with van der Waals surface area (Å²) in [7, 11) is 0. The Labute approximate surface area is 85.2 Å². The highest BCUT2D eigenvalue weighted by atomic mass is 32.1. The summed E-state index contributed by atoms with van der Waals surface area (Å²) < 4.78 is 4.21. The summed E-state index contributed by atoms with van der Waals surface area (Å²) in [6.45, 7) is 1.97. The molecule has 0 atom stereocenters. The second-order valence-electron chi connectivity index (χ2n) is 3.15. The van der Waals surface area contributed by atoms with Crippen molar-refractivity contribution in [2.45, 2.75) is 13.3 Å². The second kappa shape index (κ2) is 3.38. The van der Waals surface area contributed by atoms with E-state index in [0.29, 0.717) is 0 Å². The lowest BCUT2D eigenvalue weighted by atomic mass is 10.1. The number of aromatic nitrogens is 1. The molecule has 1 heterocycles. The van der Waals surface area contributed by atoms with Gasteiger partial charge in [0.2, 0.25) is 0 Å². The molecule has 4 heteroatoms. The van der Waals surface area contributed by atoms with Gasteiger partial charge in [-0.2, -0.15) is 4.37 Å². The third kappa shape index (κ3) is 1.48. The van der Waals surface area contributed by atoms with E-state index in [4.69, 9.17) is 5.11 Å². The molecule has 14 heavy (non-hydrogen) atoms. The van der Waals surface area contributed by atoms with Crippen LogP contribution in [-0.2, 0) is 11.2 Å². The third-order valence-corrected chi connectivity index (χ3v) is 2.95. The molecule has 0 unspecified atom stereocenters. The van der Waals surface area contributed by atoms with Crippen LogP contribution in [0.5, 0.6) is 0 Å². The zero-order valence-corrected chi connectivity index (χ0v) is 8.47. The lowest BCUT2D eigenvalue weighted by Crippen LogP contribution is -1.98. The molecular weight excluding hydrogens is 198 g/mol. The number of benzene rings is 1. The molecule has 0 radical (unpaired) electrons. The zero-order valence-electron chi connectivity index (χ0n) is 7.65. The van der Waals surface area contributed by atoms with Crippen molar-refractivity contribution < 1.29 is 9.90 Å². The number of carboxylic acid groups (broad SMARTS) is 1. The van der Waals surface area contributed by atoms with Gasteiger partial charge >= 0.3 is 5.97 Å². The monoisotopic (exact) mass is 207 g/mol. The van der Waals surface area contributed by atoms with Crippen molar-refractivity contribution in [3.8, 4) is 0 Å². The second-order valence-corrected chi connectivity index (χ2v) is 4.00. The summed E-state index contributed by atoms with van der Waals surface area (Å²) in [5, 5.41) is 9.71. The van der Waals surface area contributed by atoms with Crippen LogP contribution in [0, 0.1) is 6.92 Å². The van der Waals surface area contributed by atoms with Crippen molar-refractivity contribution >= 4 is 28.4 Å². The molecule has 0 amide bonds. The van der Waals surface area contributed by atoms with Crippen molar-refractivity contribution in [1.82, 2.24) is 4.37 Å². The maximum Gasteiger partial charge on any atom is 0.308 e. The smallest absolute Gasteiger partial charge is 0.308 e. The first kappa shape index (κ1) is 9.15. The first-order chi connectivity index (χ1) is 6.68. The molecule has 2 rings (SSSR count). The third-order valence-electron chi connectivity index (χ3n) is 2.10. The van der Waals surface area contributed by atoms with Crippen LogP contribution in [0.1, 0.15) is 10.4 Å². The number of fused-ring (bicyclic) bond motifs is 1. The number of aryl methyl sites for hydroxylation is 1. The number of aliphatic carboxylic acids is 1. The van der Waals surface area contributed by atoms with Gasteiger partial charge in [-0.1, -0.05) is 12.1 Å². The normalized spacial score (nSPS) is 10.6. The maximum atomic E-state index is 10.6. The Morgan fingerprint density at radius 3 is 3.07 bits per heavy atom. The van der Waals surface area contributed by atoms with Crippen LogP contribution in [0.3, 0.4) is 0 Å². The van der Waals surface area contributed by atoms with E-state index in [2.05, 4.69) is 4.37 Å². The quantitative estimate of drug-likeness (QED) is 0.821. The molecule has 0 aliphatic rings. The van der Waals surface area contributed by atoms with Crippen LogP contribution in [0.4, 0.5) is 0 Å². The number of nitrogens with zero attached hydrogens (tertiary/aromatic N) is 1. The highest BCUT2D eigenvalue weighted by Crippen LogP contribution is 2.25. The van der Waals surface area contributed by atoms with Gasteiger partial charge in [-0.15, -0.1) is 0 Å². The lowest BCUT2D eigenvalue weighted by Gasteiger charge is -1.96. The fourth-order valence-corrected chi connectivity index (χ4v) is 2.40. The van der Waals surface area contributed by atoms with Gasteiger partial charge in [0.15, 0.2) is 0 Å². The summed E-state index contributed by atoms with van der Waals surface area (Å²) in [5.41, 5.74) is 1.98. The number of carbonyl (C=O) groups is 1. The van der Waals surface area contributed by atoms with Gasteiger partial charge in [0.25, 0.3) is 0 Å². The van der Waals surface area contributed by atoms with E-state index < -0.39 is 5.97 Å². The van der Waals surface area contributed by atoms with Crippen LogP contribution in [-0.4, -0.2) is 15.4 Å². The van der Waals surface area contributed by atoms with Gasteiger partial charge in [-0.05, 0) is 30.1 Å². The number of hydrogen-bond donors (Lipinski definition) is 1. The first-order valence-corrected chi connectivity index (χ1v) is 5.01. The average Bonchev–Trinajstić information content (AvgIpc) is 2.49. The highest BCUT2D eigenvalue weighted by molar-refractivity contribution is 7.07. The molecule has 1 aromatic heterocycles. The van der Waals surface area contributed by atoms with Crippen molar-refractivity contribution in [2.75, 3.05) is 0 Å². The van der Waals surface area contributed by atoms with Gasteiger partial charge in [-0.3, -0.25) is 4.79 Å². The van der Waals surface area contributed by atoms with Crippen molar-refractivity contribution in [3.63, 3.8) is 0 Å². The number of rotatable bonds is 2. The van der Waals surface area contributed by atoms with E-state index in [1.165, 1.54) is 11.5 Å². The Morgan fingerprint density at radius 1 is 1.57 bits per heavy atom. The van der Waals surface area contributed by atoms with E-state index in [-0.39, 0.29) is 6.42 Å². The van der Waals surface area contributed by atoms with Crippen LogP contribution >= 0.6 is 11.5 Å². The molecule has 0 bridgehead atoms. The standard InChI is InChI=1S/C10H9NO2S/c1-6-3-2-4-7-10(6)8(14-11-7)5-9(12)13/h2-4H,5H2,1H3,(H,12,13). The molecule has 2 aromatic rings. The topological polar surface area (TPSA) is 50.2 Å². The molecule has 1 N–H and O–H groups in total. The van der Waals surface area contributed by atoms with Gasteiger partial charge in [0.05, 0.1) is 11.9 Å². The fourth-order valence-electron chi connectivity index (χ4n) is 1.50. The predicted octanol–water partition coefficient (Wildman–Crippen LogP) is 2.23. The molecule has 0 aliphatic heterocycles. The summed E-state index contributed by atoms with van der Waals surface area (Å²) in [5.74, 6) is -0.807. The van der Waals surface area contributed by atoms with E-state index in [1.54, 1.807) is 0 Å². The lowest BCUT2D eigenvalue weighted by molar-refractivity contribution is -0.136. The Bertz CT molecular complexity index is 490. The average molecular weight is 207 g/mol.